The van der Waals surface area contributed by atoms with E-state index in [4.69, 9.17) is 5.21 Å². The normalized spacial score (nSPS) is 13.4. The zero-order chi connectivity index (χ0) is 25.5. The van der Waals surface area contributed by atoms with Gasteiger partial charge in [-0.3, -0.25) is 14.8 Å². The average Bonchev–Trinajstić information content (AvgIpc) is 2.79. The van der Waals surface area contributed by atoms with Gasteiger partial charge in [-0.05, 0) is 67.3 Å². The molecule has 0 heterocycles. The van der Waals surface area contributed by atoms with Crippen LogP contribution in [0.2, 0.25) is 0 Å². The zero-order valence-electron chi connectivity index (χ0n) is 17.4. The van der Waals surface area contributed by atoms with Gasteiger partial charge in [-0.15, -0.1) is 0 Å². The van der Waals surface area contributed by atoms with Gasteiger partial charge in [0, 0.05) is 16.7 Å². The molecule has 0 spiro atoms. The molecule has 2 aromatic carbocycles. The number of rotatable bonds is 5. The summed E-state index contributed by atoms with van der Waals surface area (Å²) in [7, 11) is 0. The molecule has 0 bridgehead atoms. The molecule has 34 heavy (non-hydrogen) atoms. The van der Waals surface area contributed by atoms with Crippen molar-refractivity contribution in [3.63, 3.8) is 0 Å². The molecule has 0 aliphatic carbocycles. The Morgan fingerprint density at radius 1 is 0.912 bits per heavy atom. The SMILES string of the molecule is CC(O)(C(F)F)[C@H](NC(=O)c1ccc(C#CC#Cc2ccc(C(F)(F)F)cc2)cc1)C(=O)NO. The quantitative estimate of drug-likeness (QED) is 0.229. The van der Waals surface area contributed by atoms with Crippen molar-refractivity contribution in [2.24, 2.45) is 0 Å². The number of amides is 2. The van der Waals surface area contributed by atoms with Gasteiger partial charge < -0.3 is 10.4 Å². The first-order valence-corrected chi connectivity index (χ1v) is 9.41. The van der Waals surface area contributed by atoms with Crippen molar-refractivity contribution in [3.05, 3.63) is 70.8 Å². The van der Waals surface area contributed by atoms with Gasteiger partial charge in [0.15, 0.2) is 5.60 Å². The summed E-state index contributed by atoms with van der Waals surface area (Å²) in [6.07, 6.45) is -7.85. The van der Waals surface area contributed by atoms with Crippen LogP contribution in [0.4, 0.5) is 22.0 Å². The standard InChI is InChI=1S/C23H17F5N2O4/c1-22(33,21(24)25)18(20(32)30-34)29-19(31)16-10-6-14(7-11-16)4-2-3-5-15-8-12-17(13-9-15)23(26,27)28/h6-13,18,21,33-34H,1H3,(H,29,31)(H,30,32)/t18-,22?/m1/s1. The molecule has 2 aromatic rings. The molecular weight excluding hydrogens is 463 g/mol. The number of hydrogen-bond acceptors (Lipinski definition) is 4. The number of nitrogens with one attached hydrogen (secondary N) is 2. The van der Waals surface area contributed by atoms with E-state index in [-0.39, 0.29) is 5.56 Å². The zero-order valence-corrected chi connectivity index (χ0v) is 17.4. The lowest BCUT2D eigenvalue weighted by molar-refractivity contribution is -0.149. The van der Waals surface area contributed by atoms with Gasteiger partial charge in [0.05, 0.1) is 5.56 Å². The van der Waals surface area contributed by atoms with Gasteiger partial charge in [0.2, 0.25) is 0 Å². The molecule has 0 aliphatic rings. The first-order valence-electron chi connectivity index (χ1n) is 9.41. The van der Waals surface area contributed by atoms with E-state index in [1.165, 1.54) is 36.4 Å². The molecule has 4 N–H and O–H groups in total. The van der Waals surface area contributed by atoms with E-state index in [0.29, 0.717) is 18.1 Å². The van der Waals surface area contributed by atoms with E-state index in [1.54, 1.807) is 0 Å². The highest BCUT2D eigenvalue weighted by molar-refractivity contribution is 5.97. The summed E-state index contributed by atoms with van der Waals surface area (Å²) in [5.41, 5.74) is -1.96. The molecule has 2 amide bonds. The fourth-order valence-electron chi connectivity index (χ4n) is 2.54. The van der Waals surface area contributed by atoms with Gasteiger partial charge in [0.1, 0.15) is 6.04 Å². The topological polar surface area (TPSA) is 98.7 Å². The maximum absolute atomic E-state index is 13.1. The first-order chi connectivity index (χ1) is 15.9. The van der Waals surface area contributed by atoms with Crippen LogP contribution in [-0.2, 0) is 11.0 Å². The van der Waals surface area contributed by atoms with Crippen molar-refractivity contribution in [1.29, 1.82) is 0 Å². The summed E-state index contributed by atoms with van der Waals surface area (Å²) in [4.78, 5) is 23.9. The number of alkyl halides is 5. The number of hydroxylamine groups is 1. The van der Waals surface area contributed by atoms with E-state index in [2.05, 4.69) is 23.7 Å². The molecule has 11 heteroatoms. The van der Waals surface area contributed by atoms with Crippen molar-refractivity contribution in [1.82, 2.24) is 10.8 Å². The van der Waals surface area contributed by atoms with Crippen LogP contribution in [-0.4, -0.2) is 40.2 Å². The maximum atomic E-state index is 13.1. The van der Waals surface area contributed by atoms with Gasteiger partial charge in [-0.1, -0.05) is 11.8 Å². The number of aliphatic hydroxyl groups is 1. The Bertz CT molecular complexity index is 1150. The van der Waals surface area contributed by atoms with E-state index >= 15 is 0 Å². The molecule has 178 valence electrons. The smallest absolute Gasteiger partial charge is 0.381 e. The second-order valence-electron chi connectivity index (χ2n) is 7.06. The van der Waals surface area contributed by atoms with Crippen molar-refractivity contribution in [2.45, 2.75) is 31.2 Å². The third-order valence-corrected chi connectivity index (χ3v) is 4.51. The Kier molecular flexibility index (Phi) is 8.36. The van der Waals surface area contributed by atoms with Crippen LogP contribution in [0, 0.1) is 23.7 Å². The Labute approximate surface area is 190 Å². The minimum atomic E-state index is -4.44. The Hall–Kier alpha value is -3.93. The lowest BCUT2D eigenvalue weighted by atomic mass is 9.95. The molecule has 0 aliphatic heterocycles. The largest absolute Gasteiger partial charge is 0.416 e. The highest BCUT2D eigenvalue weighted by Crippen LogP contribution is 2.29. The van der Waals surface area contributed by atoms with E-state index in [0.717, 1.165) is 17.6 Å². The minimum absolute atomic E-state index is 0.0535. The molecule has 6 nitrogen and oxygen atoms in total. The summed E-state index contributed by atoms with van der Waals surface area (Å²) in [5.74, 6) is 7.80. The van der Waals surface area contributed by atoms with Crippen LogP contribution in [0.15, 0.2) is 48.5 Å². The van der Waals surface area contributed by atoms with E-state index in [9.17, 15) is 36.6 Å². The van der Waals surface area contributed by atoms with E-state index < -0.39 is 41.6 Å². The molecule has 1 unspecified atom stereocenters. The van der Waals surface area contributed by atoms with Gasteiger partial charge >= 0.3 is 6.18 Å². The van der Waals surface area contributed by atoms with E-state index in [1.807, 2.05) is 5.32 Å². The van der Waals surface area contributed by atoms with Crippen LogP contribution in [0.3, 0.4) is 0 Å². The number of benzene rings is 2. The third kappa shape index (κ3) is 6.78. The predicted molar refractivity (Wildman–Crippen MR) is 109 cm³/mol. The van der Waals surface area contributed by atoms with Gasteiger partial charge in [0.25, 0.3) is 18.2 Å². The average molecular weight is 480 g/mol. The fourth-order valence-corrected chi connectivity index (χ4v) is 2.54. The molecular formula is C23H17F5N2O4. The lowest BCUT2D eigenvalue weighted by Crippen LogP contribution is -2.61. The van der Waals surface area contributed by atoms with Crippen LogP contribution < -0.4 is 10.8 Å². The maximum Gasteiger partial charge on any atom is 0.416 e. The molecule has 2 rings (SSSR count). The van der Waals surface area contributed by atoms with Crippen LogP contribution in [0.5, 0.6) is 0 Å². The van der Waals surface area contributed by atoms with Crippen LogP contribution >= 0.6 is 0 Å². The molecule has 2 atom stereocenters. The van der Waals surface area contributed by atoms with Crippen LogP contribution in [0.25, 0.3) is 0 Å². The lowest BCUT2D eigenvalue weighted by Gasteiger charge is -2.30. The number of hydrogen-bond donors (Lipinski definition) is 4. The second kappa shape index (κ2) is 10.8. The monoisotopic (exact) mass is 480 g/mol. The summed E-state index contributed by atoms with van der Waals surface area (Å²) < 4.78 is 63.7. The minimum Gasteiger partial charge on any atom is -0.381 e. The third-order valence-electron chi connectivity index (χ3n) is 4.51. The van der Waals surface area contributed by atoms with Crippen molar-refractivity contribution in [3.8, 4) is 23.7 Å². The van der Waals surface area contributed by atoms with Crippen LogP contribution in [0.1, 0.15) is 34.0 Å². The van der Waals surface area contributed by atoms with Crippen molar-refractivity contribution in [2.75, 3.05) is 0 Å². The highest BCUT2D eigenvalue weighted by atomic mass is 19.4. The summed E-state index contributed by atoms with van der Waals surface area (Å²) in [6.45, 7) is 0.627. The summed E-state index contributed by atoms with van der Waals surface area (Å²) >= 11 is 0. The second-order valence-corrected chi connectivity index (χ2v) is 7.06. The number of carbonyl (C=O) groups is 2. The Morgan fingerprint density at radius 2 is 1.38 bits per heavy atom. The predicted octanol–water partition coefficient (Wildman–Crippen LogP) is 2.73. The molecule has 0 aromatic heterocycles. The highest BCUT2D eigenvalue weighted by Gasteiger charge is 2.46. The Morgan fingerprint density at radius 3 is 1.79 bits per heavy atom. The van der Waals surface area contributed by atoms with Crippen molar-refractivity contribution >= 4 is 11.8 Å². The first kappa shape index (κ1) is 26.3. The summed E-state index contributed by atoms with van der Waals surface area (Å²) in [5, 5.41) is 20.5. The molecule has 0 fully saturated rings. The molecule has 0 saturated carbocycles. The molecule has 0 saturated heterocycles. The number of carbonyl (C=O) groups excluding carboxylic acids is 2. The van der Waals surface area contributed by atoms with Crippen molar-refractivity contribution < 1.29 is 41.9 Å². The number of halogens is 5. The molecule has 0 radical (unpaired) electrons. The Balaban J connectivity index is 2.09. The summed E-state index contributed by atoms with van der Waals surface area (Å²) in [6, 6.07) is 7.41. The van der Waals surface area contributed by atoms with Gasteiger partial charge in [-0.2, -0.15) is 13.2 Å². The van der Waals surface area contributed by atoms with Gasteiger partial charge in [-0.25, -0.2) is 14.3 Å². The fraction of sp³-hybridized carbons (Fsp3) is 0.217.